The van der Waals surface area contributed by atoms with Crippen LogP contribution in [0.25, 0.3) is 33.7 Å². The van der Waals surface area contributed by atoms with Crippen molar-refractivity contribution in [1.29, 1.82) is 0 Å². The van der Waals surface area contributed by atoms with Gasteiger partial charge in [-0.25, -0.2) is 28.5 Å². The fourth-order valence-corrected chi connectivity index (χ4v) is 4.38. The molecule has 0 saturated carbocycles. The van der Waals surface area contributed by atoms with Gasteiger partial charge < -0.3 is 4.90 Å². The molecule has 5 aromatic rings. The van der Waals surface area contributed by atoms with Gasteiger partial charge in [0.2, 0.25) is 0 Å². The first-order valence-electron chi connectivity index (χ1n) is 11.7. The second-order valence-electron chi connectivity index (χ2n) is 8.69. The zero-order valence-electron chi connectivity index (χ0n) is 19.6. The predicted molar refractivity (Wildman–Crippen MR) is 136 cm³/mol. The van der Waals surface area contributed by atoms with E-state index in [1.165, 1.54) is 24.3 Å². The van der Waals surface area contributed by atoms with Crippen LogP contribution in [0.5, 0.6) is 0 Å². The van der Waals surface area contributed by atoms with E-state index in [9.17, 15) is 13.6 Å². The number of nitrogens with zero attached hydrogens (tertiary/aromatic N) is 6. The maximum Gasteiger partial charge on any atom is 0.324 e. The minimum absolute atomic E-state index is 0.125. The summed E-state index contributed by atoms with van der Waals surface area (Å²) in [5, 5.41) is 0. The van der Waals surface area contributed by atoms with E-state index >= 15 is 0 Å². The second-order valence-corrected chi connectivity index (χ2v) is 8.69. The zero-order valence-corrected chi connectivity index (χ0v) is 19.6. The highest BCUT2D eigenvalue weighted by Gasteiger charge is 2.30. The highest BCUT2D eigenvalue weighted by molar-refractivity contribution is 5.96. The summed E-state index contributed by atoms with van der Waals surface area (Å²) in [7, 11) is 0. The minimum Gasteiger partial charge on any atom is -0.318 e. The average Bonchev–Trinajstić information content (AvgIpc) is 3.29. The van der Waals surface area contributed by atoms with Crippen LogP contribution < -0.4 is 4.90 Å². The molecule has 3 aromatic heterocycles. The lowest BCUT2D eigenvalue weighted by Crippen LogP contribution is -2.31. The number of carbonyl (C=O) groups excluding carboxylic acids is 1. The van der Waals surface area contributed by atoms with Gasteiger partial charge in [0.25, 0.3) is 0 Å². The van der Waals surface area contributed by atoms with Gasteiger partial charge >= 0.3 is 6.03 Å². The number of hydrogen-bond acceptors (Lipinski definition) is 5. The van der Waals surface area contributed by atoms with Crippen molar-refractivity contribution in [1.82, 2.24) is 24.8 Å². The Morgan fingerprint density at radius 3 is 2.14 bits per heavy atom. The van der Waals surface area contributed by atoms with Crippen molar-refractivity contribution in [3.63, 3.8) is 0 Å². The summed E-state index contributed by atoms with van der Waals surface area (Å²) in [6, 6.07) is 17.3. The van der Waals surface area contributed by atoms with E-state index in [2.05, 4.69) is 9.97 Å². The van der Waals surface area contributed by atoms with Crippen LogP contribution in [-0.4, -0.2) is 44.0 Å². The van der Waals surface area contributed by atoms with Gasteiger partial charge in [0.1, 0.15) is 17.2 Å². The highest BCUT2D eigenvalue weighted by atomic mass is 19.1. The molecule has 0 atom stereocenters. The number of amides is 2. The van der Waals surface area contributed by atoms with E-state index in [1.54, 1.807) is 58.7 Å². The molecular weight excluding hydrogens is 474 g/mol. The fraction of sp³-hybridized carbons (Fsp3) is 0.107. The van der Waals surface area contributed by atoms with Crippen molar-refractivity contribution < 1.29 is 13.6 Å². The van der Waals surface area contributed by atoms with Crippen LogP contribution >= 0.6 is 0 Å². The molecule has 1 aliphatic rings. The molecule has 4 heterocycles. The Morgan fingerprint density at radius 2 is 1.49 bits per heavy atom. The fourth-order valence-electron chi connectivity index (χ4n) is 4.38. The predicted octanol–water partition coefficient (Wildman–Crippen LogP) is 5.47. The number of urea groups is 1. The van der Waals surface area contributed by atoms with Gasteiger partial charge in [0, 0.05) is 43.2 Å². The Kier molecular flexibility index (Phi) is 5.72. The van der Waals surface area contributed by atoms with E-state index in [4.69, 9.17) is 9.97 Å². The van der Waals surface area contributed by atoms with E-state index in [-0.39, 0.29) is 17.7 Å². The Morgan fingerprint density at radius 1 is 0.811 bits per heavy atom. The van der Waals surface area contributed by atoms with Crippen molar-refractivity contribution in [3.05, 3.63) is 103 Å². The number of anilines is 1. The number of benzene rings is 2. The quantitative estimate of drug-likeness (QED) is 0.324. The van der Waals surface area contributed by atoms with E-state index in [1.807, 2.05) is 12.1 Å². The SMILES string of the molecule is O=C1N(Cc2cccnc2)CCN1c1cnc2nc(-c3ccc(F)cc3)c(-c3ccc(F)cc3)nc2c1. The van der Waals surface area contributed by atoms with Crippen LogP contribution in [0.3, 0.4) is 0 Å². The molecule has 182 valence electrons. The molecule has 2 amide bonds. The van der Waals surface area contributed by atoms with Crippen molar-refractivity contribution in [3.8, 4) is 22.5 Å². The molecule has 0 radical (unpaired) electrons. The smallest absolute Gasteiger partial charge is 0.318 e. The zero-order chi connectivity index (χ0) is 25.4. The van der Waals surface area contributed by atoms with Gasteiger partial charge in [-0.15, -0.1) is 0 Å². The van der Waals surface area contributed by atoms with Crippen LogP contribution in [0.1, 0.15) is 5.56 Å². The van der Waals surface area contributed by atoms with Crippen LogP contribution in [0, 0.1) is 11.6 Å². The summed E-state index contributed by atoms with van der Waals surface area (Å²) >= 11 is 0. The Labute approximate surface area is 211 Å². The summed E-state index contributed by atoms with van der Waals surface area (Å²) in [6.07, 6.45) is 5.05. The van der Waals surface area contributed by atoms with E-state index in [0.717, 1.165) is 5.56 Å². The minimum atomic E-state index is -0.367. The molecule has 0 bridgehead atoms. The van der Waals surface area contributed by atoms with Crippen molar-refractivity contribution in [2.75, 3.05) is 18.0 Å². The molecule has 9 heteroatoms. The van der Waals surface area contributed by atoms with Gasteiger partial charge in [0.05, 0.1) is 23.3 Å². The van der Waals surface area contributed by atoms with Crippen LogP contribution in [0.4, 0.5) is 19.3 Å². The highest BCUT2D eigenvalue weighted by Crippen LogP contribution is 2.32. The molecule has 6 rings (SSSR count). The third-order valence-corrected chi connectivity index (χ3v) is 6.25. The molecule has 0 N–H and O–H groups in total. The third kappa shape index (κ3) is 4.47. The number of halogens is 2. The second kappa shape index (κ2) is 9.34. The monoisotopic (exact) mass is 494 g/mol. The third-order valence-electron chi connectivity index (χ3n) is 6.25. The van der Waals surface area contributed by atoms with Crippen molar-refractivity contribution >= 4 is 22.9 Å². The molecule has 1 saturated heterocycles. The Bertz CT molecular complexity index is 1590. The lowest BCUT2D eigenvalue weighted by molar-refractivity contribution is 0.218. The molecule has 1 fully saturated rings. The van der Waals surface area contributed by atoms with Gasteiger partial charge in [-0.05, 0) is 66.2 Å². The molecule has 7 nitrogen and oxygen atoms in total. The molecule has 1 aliphatic heterocycles. The van der Waals surface area contributed by atoms with E-state index < -0.39 is 0 Å². The summed E-state index contributed by atoms with van der Waals surface area (Å²) in [5.74, 6) is -0.732. The maximum atomic E-state index is 13.6. The topological polar surface area (TPSA) is 75.1 Å². The van der Waals surface area contributed by atoms with Gasteiger partial charge in [-0.2, -0.15) is 0 Å². The molecule has 0 spiro atoms. The first kappa shape index (κ1) is 22.7. The Hall–Kier alpha value is -4.79. The van der Waals surface area contributed by atoms with Crippen LogP contribution in [0.2, 0.25) is 0 Å². The number of aromatic nitrogens is 4. The van der Waals surface area contributed by atoms with Gasteiger partial charge in [-0.1, -0.05) is 6.07 Å². The molecule has 2 aromatic carbocycles. The number of hydrogen-bond donors (Lipinski definition) is 0. The lowest BCUT2D eigenvalue weighted by atomic mass is 10.0. The standard InChI is InChI=1S/C28H20F2N6O/c29-21-7-3-19(4-8-21)25-26(20-5-9-22(30)10-6-20)34-27-24(33-25)14-23(16-32-27)36-13-12-35(28(36)37)17-18-2-1-11-31-15-18/h1-11,14-16H,12-13,17H2. The number of fused-ring (bicyclic) bond motifs is 1. The average molecular weight is 495 g/mol. The summed E-state index contributed by atoms with van der Waals surface area (Å²) in [6.45, 7) is 1.56. The van der Waals surface area contributed by atoms with E-state index in [0.29, 0.717) is 59.0 Å². The van der Waals surface area contributed by atoms with Crippen molar-refractivity contribution in [2.24, 2.45) is 0 Å². The van der Waals surface area contributed by atoms with Gasteiger partial charge in [0.15, 0.2) is 5.65 Å². The number of pyridine rings is 2. The first-order valence-corrected chi connectivity index (χ1v) is 11.7. The largest absolute Gasteiger partial charge is 0.324 e. The lowest BCUT2D eigenvalue weighted by Gasteiger charge is -2.19. The number of rotatable bonds is 5. The van der Waals surface area contributed by atoms with Crippen LogP contribution in [-0.2, 0) is 6.54 Å². The molecular formula is C28H20F2N6O. The maximum absolute atomic E-state index is 13.6. The van der Waals surface area contributed by atoms with Crippen LogP contribution in [0.15, 0.2) is 85.3 Å². The summed E-state index contributed by atoms with van der Waals surface area (Å²) in [4.78, 5) is 34.7. The Balaban J connectivity index is 1.38. The van der Waals surface area contributed by atoms with Crippen molar-refractivity contribution in [2.45, 2.75) is 6.54 Å². The summed E-state index contributed by atoms with van der Waals surface area (Å²) < 4.78 is 27.2. The molecule has 0 unspecified atom stereocenters. The first-order chi connectivity index (χ1) is 18.0. The molecule has 0 aliphatic carbocycles. The van der Waals surface area contributed by atoms with Gasteiger partial charge in [-0.3, -0.25) is 9.88 Å². The summed E-state index contributed by atoms with van der Waals surface area (Å²) in [5.41, 5.74) is 4.75. The normalized spacial score (nSPS) is 13.5. The number of carbonyl (C=O) groups is 1. The molecule has 37 heavy (non-hydrogen) atoms.